The van der Waals surface area contributed by atoms with E-state index in [0.29, 0.717) is 12.8 Å². The average Bonchev–Trinajstić information content (AvgIpc) is 2.92. The van der Waals surface area contributed by atoms with Crippen LogP contribution in [0.5, 0.6) is 0 Å². The first kappa shape index (κ1) is 10.4. The number of amides is 1. The van der Waals surface area contributed by atoms with Crippen LogP contribution in [0.25, 0.3) is 0 Å². The van der Waals surface area contributed by atoms with Gasteiger partial charge < -0.3 is 16.2 Å². The summed E-state index contributed by atoms with van der Waals surface area (Å²) in [4.78, 5) is 22.3. The Labute approximate surface area is 89.8 Å². The van der Waals surface area contributed by atoms with Crippen LogP contribution in [0.3, 0.4) is 0 Å². The van der Waals surface area contributed by atoms with Gasteiger partial charge in [0.25, 0.3) is 5.91 Å². The van der Waals surface area contributed by atoms with Crippen LogP contribution in [0, 0.1) is 5.41 Å². The predicted octanol–water partition coefficient (Wildman–Crippen LogP) is -0.754. The van der Waals surface area contributed by atoms with E-state index in [0.717, 1.165) is 0 Å². The van der Waals surface area contributed by atoms with Crippen LogP contribution in [0.15, 0.2) is 4.63 Å². The third kappa shape index (κ3) is 1.69. The van der Waals surface area contributed by atoms with Crippen molar-refractivity contribution in [1.29, 1.82) is 0 Å². The minimum atomic E-state index is -0.904. The molecule has 0 radical (unpaired) electrons. The third-order valence-electron chi connectivity index (χ3n) is 2.62. The molecule has 1 heterocycles. The highest BCUT2D eigenvalue weighted by Gasteiger charge is 2.50. The monoisotopic (exact) mass is 226 g/mol. The SMILES string of the molecule is Nc1nonc1C(=O)NCC1(C(=O)O)CC1. The molecule has 1 aliphatic carbocycles. The van der Waals surface area contributed by atoms with Crippen molar-refractivity contribution in [3.63, 3.8) is 0 Å². The maximum atomic E-state index is 11.5. The molecule has 0 aromatic carbocycles. The lowest BCUT2D eigenvalue weighted by molar-refractivity contribution is -0.143. The fraction of sp³-hybridized carbons (Fsp3) is 0.500. The maximum Gasteiger partial charge on any atom is 0.311 e. The predicted molar refractivity (Wildman–Crippen MR) is 50.3 cm³/mol. The molecule has 0 spiro atoms. The topological polar surface area (TPSA) is 131 Å². The van der Waals surface area contributed by atoms with E-state index in [-0.39, 0.29) is 18.1 Å². The van der Waals surface area contributed by atoms with Crippen molar-refractivity contribution in [3.8, 4) is 0 Å². The number of hydrogen-bond donors (Lipinski definition) is 3. The van der Waals surface area contributed by atoms with Crippen molar-refractivity contribution >= 4 is 17.7 Å². The quantitative estimate of drug-likeness (QED) is 0.615. The Morgan fingerprint density at radius 1 is 1.50 bits per heavy atom. The van der Waals surface area contributed by atoms with Gasteiger partial charge in [0.05, 0.1) is 5.41 Å². The van der Waals surface area contributed by atoms with Crippen LogP contribution < -0.4 is 11.1 Å². The van der Waals surface area contributed by atoms with Crippen LogP contribution in [-0.4, -0.2) is 33.8 Å². The summed E-state index contributed by atoms with van der Waals surface area (Å²) in [6.45, 7) is 0.0630. The highest BCUT2D eigenvalue weighted by atomic mass is 16.6. The number of aromatic nitrogens is 2. The Bertz CT molecular complexity index is 437. The fourth-order valence-electron chi connectivity index (χ4n) is 1.30. The molecule has 1 aromatic heterocycles. The Morgan fingerprint density at radius 3 is 2.62 bits per heavy atom. The lowest BCUT2D eigenvalue weighted by Gasteiger charge is -2.09. The van der Waals surface area contributed by atoms with Crippen molar-refractivity contribution in [2.24, 2.45) is 5.41 Å². The number of nitrogens with one attached hydrogen (secondary N) is 1. The van der Waals surface area contributed by atoms with E-state index in [1.807, 2.05) is 0 Å². The van der Waals surface area contributed by atoms with E-state index in [1.54, 1.807) is 0 Å². The van der Waals surface area contributed by atoms with E-state index >= 15 is 0 Å². The highest BCUT2D eigenvalue weighted by molar-refractivity contribution is 5.96. The van der Waals surface area contributed by atoms with Crippen LogP contribution in [-0.2, 0) is 4.79 Å². The zero-order valence-corrected chi connectivity index (χ0v) is 8.27. The third-order valence-corrected chi connectivity index (χ3v) is 2.62. The number of carboxylic acids is 1. The van der Waals surface area contributed by atoms with E-state index in [2.05, 4.69) is 20.3 Å². The van der Waals surface area contributed by atoms with Gasteiger partial charge in [0.2, 0.25) is 11.5 Å². The fourth-order valence-corrected chi connectivity index (χ4v) is 1.30. The van der Waals surface area contributed by atoms with Crippen LogP contribution in [0.2, 0.25) is 0 Å². The molecule has 1 aliphatic rings. The van der Waals surface area contributed by atoms with Crippen molar-refractivity contribution in [1.82, 2.24) is 15.6 Å². The van der Waals surface area contributed by atoms with Gasteiger partial charge in [0, 0.05) is 6.54 Å². The molecule has 0 atom stereocenters. The molecule has 1 fully saturated rings. The first-order valence-electron chi connectivity index (χ1n) is 4.65. The standard InChI is InChI=1S/C8H10N4O4/c9-5-4(11-16-12-5)6(13)10-3-8(1-2-8)7(14)15/h1-3H2,(H2,9,12)(H,10,13)(H,14,15). The summed E-state index contributed by atoms with van der Waals surface area (Å²) < 4.78 is 4.26. The second kappa shape index (κ2) is 3.47. The first-order chi connectivity index (χ1) is 7.55. The molecule has 1 amide bonds. The molecule has 8 nitrogen and oxygen atoms in total. The number of nitrogens with zero attached hydrogens (tertiary/aromatic N) is 2. The Balaban J connectivity index is 1.95. The molecular formula is C8H10N4O4. The molecule has 4 N–H and O–H groups in total. The van der Waals surface area contributed by atoms with Crippen LogP contribution in [0.4, 0.5) is 5.82 Å². The second-order valence-electron chi connectivity index (χ2n) is 3.77. The van der Waals surface area contributed by atoms with Gasteiger partial charge in [-0.1, -0.05) is 0 Å². The van der Waals surface area contributed by atoms with Crippen LogP contribution >= 0.6 is 0 Å². The summed E-state index contributed by atoms with van der Waals surface area (Å²) in [5.41, 5.74) is 4.37. The maximum absolute atomic E-state index is 11.5. The zero-order valence-electron chi connectivity index (χ0n) is 8.27. The number of nitrogen functional groups attached to an aromatic ring is 1. The van der Waals surface area contributed by atoms with E-state index in [4.69, 9.17) is 10.8 Å². The molecule has 16 heavy (non-hydrogen) atoms. The highest BCUT2D eigenvalue weighted by Crippen LogP contribution is 2.45. The van der Waals surface area contributed by atoms with Gasteiger partial charge in [0.1, 0.15) is 0 Å². The van der Waals surface area contributed by atoms with Gasteiger partial charge in [-0.2, -0.15) is 0 Å². The number of carbonyl (C=O) groups excluding carboxylic acids is 1. The average molecular weight is 226 g/mol. The summed E-state index contributed by atoms with van der Waals surface area (Å²) in [5, 5.41) is 17.9. The van der Waals surface area contributed by atoms with Gasteiger partial charge in [-0.05, 0) is 23.2 Å². The summed E-state index contributed by atoms with van der Waals surface area (Å²) in [6, 6.07) is 0. The second-order valence-corrected chi connectivity index (χ2v) is 3.77. The number of aliphatic carboxylic acids is 1. The van der Waals surface area contributed by atoms with Crippen LogP contribution in [0.1, 0.15) is 23.3 Å². The first-order valence-corrected chi connectivity index (χ1v) is 4.65. The van der Waals surface area contributed by atoms with Gasteiger partial charge in [0.15, 0.2) is 0 Å². The number of carbonyl (C=O) groups is 2. The largest absolute Gasteiger partial charge is 0.481 e. The van der Waals surface area contributed by atoms with E-state index in [9.17, 15) is 9.59 Å². The smallest absolute Gasteiger partial charge is 0.311 e. The van der Waals surface area contributed by atoms with Crippen molar-refractivity contribution in [2.75, 3.05) is 12.3 Å². The minimum Gasteiger partial charge on any atom is -0.481 e. The van der Waals surface area contributed by atoms with Crippen molar-refractivity contribution in [2.45, 2.75) is 12.8 Å². The Kier molecular flexibility index (Phi) is 2.26. The summed E-state index contributed by atoms with van der Waals surface area (Å²) in [7, 11) is 0. The molecule has 86 valence electrons. The summed E-state index contributed by atoms with van der Waals surface area (Å²) in [6.07, 6.45) is 1.13. The molecule has 0 saturated heterocycles. The Hall–Kier alpha value is -2.12. The number of hydrogen-bond acceptors (Lipinski definition) is 6. The molecule has 1 aromatic rings. The number of carboxylic acid groups (broad SMARTS) is 1. The molecule has 0 aliphatic heterocycles. The summed E-state index contributed by atoms with van der Waals surface area (Å²) >= 11 is 0. The molecule has 0 unspecified atom stereocenters. The normalized spacial score (nSPS) is 16.8. The van der Waals surface area contributed by atoms with Gasteiger partial charge in [-0.15, -0.1) is 0 Å². The van der Waals surface area contributed by atoms with Gasteiger partial charge in [-0.25, -0.2) is 4.63 Å². The molecule has 8 heteroatoms. The lowest BCUT2D eigenvalue weighted by atomic mass is 10.1. The summed E-state index contributed by atoms with van der Waals surface area (Å²) in [5.74, 6) is -1.59. The molecule has 1 saturated carbocycles. The van der Waals surface area contributed by atoms with Gasteiger partial charge >= 0.3 is 5.97 Å². The van der Waals surface area contributed by atoms with Crippen molar-refractivity contribution in [3.05, 3.63) is 5.69 Å². The Morgan fingerprint density at radius 2 is 2.19 bits per heavy atom. The lowest BCUT2D eigenvalue weighted by Crippen LogP contribution is -2.34. The molecule has 2 rings (SSSR count). The zero-order chi connectivity index (χ0) is 11.8. The number of anilines is 1. The van der Waals surface area contributed by atoms with E-state index in [1.165, 1.54) is 0 Å². The minimum absolute atomic E-state index is 0.0630. The van der Waals surface area contributed by atoms with E-state index < -0.39 is 17.3 Å². The number of nitrogens with two attached hydrogens (primary N) is 1. The molecule has 0 bridgehead atoms. The van der Waals surface area contributed by atoms with Crippen molar-refractivity contribution < 1.29 is 19.3 Å². The molecular weight excluding hydrogens is 216 g/mol. The number of rotatable bonds is 4. The van der Waals surface area contributed by atoms with Gasteiger partial charge in [-0.3, -0.25) is 9.59 Å².